The van der Waals surface area contributed by atoms with E-state index >= 15 is 0 Å². The van der Waals surface area contributed by atoms with E-state index in [1.807, 2.05) is 0 Å². The Labute approximate surface area is 78.8 Å². The maximum Gasteiger partial charge on any atom is 0.186 e. The molecule has 0 saturated heterocycles. The van der Waals surface area contributed by atoms with Crippen LogP contribution < -0.4 is 5.73 Å². The highest BCUT2D eigenvalue weighted by atomic mass is 19.2. The van der Waals surface area contributed by atoms with E-state index in [0.29, 0.717) is 0 Å². The largest absolute Gasteiger partial charge is 0.397 e. The minimum absolute atomic E-state index is 0.0602. The van der Waals surface area contributed by atoms with E-state index in [2.05, 4.69) is 5.10 Å². The number of nitrogens with two attached hydrogens (primary N) is 1. The third-order valence-corrected chi connectivity index (χ3v) is 1.83. The maximum absolute atomic E-state index is 13.3. The molecule has 0 unspecified atom stereocenters. The number of hydrogen-bond acceptors (Lipinski definition) is 2. The van der Waals surface area contributed by atoms with Crippen molar-refractivity contribution in [2.45, 2.75) is 0 Å². The standard InChI is InChI=1S/C9H7F2N3/c10-6-2-3-7(12)9(8(6)11)14-5-1-4-13-14/h1-5H,12H2. The summed E-state index contributed by atoms with van der Waals surface area (Å²) in [5.41, 5.74) is 5.60. The van der Waals surface area contributed by atoms with Crippen LogP contribution in [0.25, 0.3) is 5.69 Å². The SMILES string of the molecule is Nc1ccc(F)c(F)c1-n1cccn1. The van der Waals surface area contributed by atoms with Crippen LogP contribution >= 0.6 is 0 Å². The van der Waals surface area contributed by atoms with Gasteiger partial charge in [0.2, 0.25) is 0 Å². The average molecular weight is 195 g/mol. The van der Waals surface area contributed by atoms with Crippen LogP contribution in [0.15, 0.2) is 30.6 Å². The van der Waals surface area contributed by atoms with Gasteiger partial charge in [-0.1, -0.05) is 0 Å². The number of benzene rings is 1. The lowest BCUT2D eigenvalue weighted by atomic mass is 10.2. The summed E-state index contributed by atoms with van der Waals surface area (Å²) in [5, 5.41) is 3.78. The molecule has 5 heteroatoms. The van der Waals surface area contributed by atoms with Crippen LogP contribution in [0.2, 0.25) is 0 Å². The molecule has 2 N–H and O–H groups in total. The van der Waals surface area contributed by atoms with Crippen molar-refractivity contribution in [1.29, 1.82) is 0 Å². The smallest absolute Gasteiger partial charge is 0.186 e. The maximum atomic E-state index is 13.3. The van der Waals surface area contributed by atoms with Crippen molar-refractivity contribution in [1.82, 2.24) is 9.78 Å². The third-order valence-electron chi connectivity index (χ3n) is 1.83. The fraction of sp³-hybridized carbons (Fsp3) is 0. The molecule has 0 saturated carbocycles. The molecule has 1 aromatic heterocycles. The van der Waals surface area contributed by atoms with Crippen LogP contribution in [-0.2, 0) is 0 Å². The molecule has 0 fully saturated rings. The zero-order valence-corrected chi connectivity index (χ0v) is 7.11. The number of rotatable bonds is 1. The van der Waals surface area contributed by atoms with Gasteiger partial charge in [-0.05, 0) is 18.2 Å². The molecular formula is C9H7F2N3. The first-order valence-corrected chi connectivity index (χ1v) is 3.93. The average Bonchev–Trinajstić information content (AvgIpc) is 2.65. The van der Waals surface area contributed by atoms with Gasteiger partial charge in [-0.3, -0.25) is 0 Å². The van der Waals surface area contributed by atoms with E-state index in [4.69, 9.17) is 5.73 Å². The number of nitrogen functional groups attached to an aromatic ring is 1. The number of halogens is 2. The van der Waals surface area contributed by atoms with Gasteiger partial charge in [-0.25, -0.2) is 13.5 Å². The van der Waals surface area contributed by atoms with Gasteiger partial charge in [0.1, 0.15) is 5.69 Å². The third kappa shape index (κ3) is 1.22. The summed E-state index contributed by atoms with van der Waals surface area (Å²) < 4.78 is 27.4. The normalized spacial score (nSPS) is 10.4. The molecule has 0 bridgehead atoms. The highest BCUT2D eigenvalue weighted by Gasteiger charge is 2.13. The zero-order chi connectivity index (χ0) is 10.1. The zero-order valence-electron chi connectivity index (χ0n) is 7.11. The summed E-state index contributed by atoms with van der Waals surface area (Å²) in [6.45, 7) is 0. The minimum atomic E-state index is -0.992. The summed E-state index contributed by atoms with van der Waals surface area (Å²) in [7, 11) is 0. The molecule has 0 spiro atoms. The van der Waals surface area contributed by atoms with Gasteiger partial charge >= 0.3 is 0 Å². The quantitative estimate of drug-likeness (QED) is 0.704. The number of anilines is 1. The van der Waals surface area contributed by atoms with E-state index in [0.717, 1.165) is 6.07 Å². The Morgan fingerprint density at radius 1 is 1.29 bits per heavy atom. The van der Waals surface area contributed by atoms with Gasteiger partial charge in [0.25, 0.3) is 0 Å². The monoisotopic (exact) mass is 195 g/mol. The predicted octanol–water partition coefficient (Wildman–Crippen LogP) is 1.73. The van der Waals surface area contributed by atoms with Crippen molar-refractivity contribution >= 4 is 5.69 Å². The Morgan fingerprint density at radius 3 is 2.71 bits per heavy atom. The Morgan fingerprint density at radius 2 is 2.07 bits per heavy atom. The van der Waals surface area contributed by atoms with Crippen molar-refractivity contribution in [2.24, 2.45) is 0 Å². The lowest BCUT2D eigenvalue weighted by Crippen LogP contribution is -2.05. The van der Waals surface area contributed by atoms with Crippen LogP contribution in [0, 0.1) is 11.6 Å². The minimum Gasteiger partial charge on any atom is -0.397 e. The fourth-order valence-corrected chi connectivity index (χ4v) is 1.19. The molecule has 2 aromatic rings. The van der Waals surface area contributed by atoms with E-state index in [1.165, 1.54) is 23.1 Å². The first-order valence-electron chi connectivity index (χ1n) is 3.93. The summed E-state index contributed by atoms with van der Waals surface area (Å²) in [6, 6.07) is 3.89. The number of aromatic nitrogens is 2. The Hall–Kier alpha value is -1.91. The van der Waals surface area contributed by atoms with Crippen LogP contribution in [0.1, 0.15) is 0 Å². The molecule has 3 nitrogen and oxygen atoms in total. The molecule has 14 heavy (non-hydrogen) atoms. The molecule has 0 atom stereocenters. The molecular weight excluding hydrogens is 188 g/mol. The lowest BCUT2D eigenvalue weighted by molar-refractivity contribution is 0.502. The van der Waals surface area contributed by atoms with Crippen molar-refractivity contribution < 1.29 is 8.78 Å². The van der Waals surface area contributed by atoms with Crippen molar-refractivity contribution in [3.63, 3.8) is 0 Å². The fourth-order valence-electron chi connectivity index (χ4n) is 1.19. The molecule has 0 aliphatic heterocycles. The van der Waals surface area contributed by atoms with Crippen molar-refractivity contribution in [3.05, 3.63) is 42.2 Å². The second-order valence-corrected chi connectivity index (χ2v) is 2.75. The highest BCUT2D eigenvalue weighted by molar-refractivity contribution is 5.58. The van der Waals surface area contributed by atoms with Crippen LogP contribution in [0.4, 0.5) is 14.5 Å². The second kappa shape index (κ2) is 3.10. The van der Waals surface area contributed by atoms with Gasteiger partial charge in [0.15, 0.2) is 11.6 Å². The first kappa shape index (κ1) is 8.68. The molecule has 2 rings (SSSR count). The summed E-state index contributed by atoms with van der Waals surface area (Å²) >= 11 is 0. The highest BCUT2D eigenvalue weighted by Crippen LogP contribution is 2.22. The molecule has 0 aliphatic carbocycles. The first-order chi connectivity index (χ1) is 6.70. The van der Waals surface area contributed by atoms with E-state index in [1.54, 1.807) is 6.07 Å². The predicted molar refractivity (Wildman–Crippen MR) is 47.9 cm³/mol. The van der Waals surface area contributed by atoms with Crippen LogP contribution in [0.5, 0.6) is 0 Å². The Bertz CT molecular complexity index is 451. The molecule has 0 radical (unpaired) electrons. The molecule has 1 heterocycles. The topological polar surface area (TPSA) is 43.8 Å². The van der Waals surface area contributed by atoms with Gasteiger partial charge in [0.05, 0.1) is 5.69 Å². The lowest BCUT2D eigenvalue weighted by Gasteiger charge is -2.06. The van der Waals surface area contributed by atoms with Gasteiger partial charge in [-0.2, -0.15) is 5.10 Å². The summed E-state index contributed by atoms with van der Waals surface area (Å²) in [6.07, 6.45) is 2.96. The van der Waals surface area contributed by atoms with Gasteiger partial charge in [0, 0.05) is 12.4 Å². The molecule has 72 valence electrons. The number of hydrogen-bond donors (Lipinski definition) is 1. The summed E-state index contributed by atoms with van der Waals surface area (Å²) in [4.78, 5) is 0. The molecule has 0 aliphatic rings. The van der Waals surface area contributed by atoms with Crippen molar-refractivity contribution in [3.8, 4) is 5.69 Å². The second-order valence-electron chi connectivity index (χ2n) is 2.75. The Kier molecular flexibility index (Phi) is 1.92. The number of nitrogens with zero attached hydrogens (tertiary/aromatic N) is 2. The van der Waals surface area contributed by atoms with Crippen molar-refractivity contribution in [2.75, 3.05) is 5.73 Å². The molecule has 1 aromatic carbocycles. The van der Waals surface area contributed by atoms with E-state index < -0.39 is 11.6 Å². The van der Waals surface area contributed by atoms with Crippen LogP contribution in [-0.4, -0.2) is 9.78 Å². The van der Waals surface area contributed by atoms with E-state index in [-0.39, 0.29) is 11.4 Å². The van der Waals surface area contributed by atoms with Gasteiger partial charge < -0.3 is 5.73 Å². The van der Waals surface area contributed by atoms with Crippen LogP contribution in [0.3, 0.4) is 0 Å². The molecule has 0 amide bonds. The van der Waals surface area contributed by atoms with Gasteiger partial charge in [-0.15, -0.1) is 0 Å². The Balaban J connectivity index is 2.69. The van der Waals surface area contributed by atoms with E-state index in [9.17, 15) is 8.78 Å². The summed E-state index contributed by atoms with van der Waals surface area (Å²) in [5.74, 6) is -1.93.